The van der Waals surface area contributed by atoms with Crippen LogP contribution in [0, 0.1) is 5.92 Å². The van der Waals surface area contributed by atoms with Crippen LogP contribution < -0.4 is 5.32 Å². The number of aliphatic hydroxyl groups is 1. The maximum absolute atomic E-state index is 8.60. The lowest BCUT2D eigenvalue weighted by molar-refractivity contribution is 0.284. The van der Waals surface area contributed by atoms with E-state index < -0.39 is 0 Å². The fourth-order valence-corrected chi connectivity index (χ4v) is 1.96. The molecule has 0 aliphatic carbocycles. The van der Waals surface area contributed by atoms with Crippen LogP contribution in [0.1, 0.15) is 13.3 Å². The number of hydrogen-bond acceptors (Lipinski definition) is 4. The zero-order valence-electron chi connectivity index (χ0n) is 8.24. The Balaban J connectivity index is 2.10. The molecule has 2 atom stereocenters. The topological polar surface area (TPSA) is 35.5 Å². The SMILES string of the molecule is CC(S)N1CCC(CNCCO)C1. The number of hydrogen-bond donors (Lipinski definition) is 3. The highest BCUT2D eigenvalue weighted by Crippen LogP contribution is 2.18. The Labute approximate surface area is 85.9 Å². The molecule has 1 aliphatic heterocycles. The van der Waals surface area contributed by atoms with E-state index in [1.54, 1.807) is 0 Å². The fraction of sp³-hybridized carbons (Fsp3) is 1.00. The van der Waals surface area contributed by atoms with Gasteiger partial charge >= 0.3 is 0 Å². The van der Waals surface area contributed by atoms with Gasteiger partial charge in [-0.15, -0.1) is 0 Å². The zero-order chi connectivity index (χ0) is 9.68. The number of nitrogens with zero attached hydrogens (tertiary/aromatic N) is 1. The molecule has 0 amide bonds. The monoisotopic (exact) mass is 204 g/mol. The third-order valence-electron chi connectivity index (χ3n) is 2.57. The Morgan fingerprint density at radius 2 is 2.46 bits per heavy atom. The van der Waals surface area contributed by atoms with Crippen LogP contribution in [0.5, 0.6) is 0 Å². The van der Waals surface area contributed by atoms with Crippen LogP contribution in [-0.2, 0) is 0 Å². The van der Waals surface area contributed by atoms with Gasteiger partial charge in [0.15, 0.2) is 0 Å². The first-order valence-electron chi connectivity index (χ1n) is 4.97. The zero-order valence-corrected chi connectivity index (χ0v) is 9.13. The highest BCUT2D eigenvalue weighted by atomic mass is 32.1. The summed E-state index contributed by atoms with van der Waals surface area (Å²) in [7, 11) is 0. The van der Waals surface area contributed by atoms with Crippen LogP contribution in [0.25, 0.3) is 0 Å². The van der Waals surface area contributed by atoms with Gasteiger partial charge in [0, 0.05) is 18.5 Å². The highest BCUT2D eigenvalue weighted by molar-refractivity contribution is 7.80. The van der Waals surface area contributed by atoms with E-state index in [1.807, 2.05) is 0 Å². The molecule has 13 heavy (non-hydrogen) atoms. The average molecular weight is 204 g/mol. The lowest BCUT2D eigenvalue weighted by Gasteiger charge is -2.19. The molecular formula is C9H20N2OS. The summed E-state index contributed by atoms with van der Waals surface area (Å²) in [6, 6.07) is 0. The molecule has 0 aromatic carbocycles. The van der Waals surface area contributed by atoms with Crippen molar-refractivity contribution in [1.82, 2.24) is 10.2 Å². The summed E-state index contributed by atoms with van der Waals surface area (Å²) in [5, 5.41) is 12.2. The molecule has 0 aromatic rings. The van der Waals surface area contributed by atoms with E-state index in [-0.39, 0.29) is 6.61 Å². The maximum Gasteiger partial charge on any atom is 0.0555 e. The Hall–Kier alpha value is 0.230. The summed E-state index contributed by atoms with van der Waals surface area (Å²) < 4.78 is 0. The van der Waals surface area contributed by atoms with Crippen LogP contribution in [0.2, 0.25) is 0 Å². The molecule has 2 unspecified atom stereocenters. The van der Waals surface area contributed by atoms with Gasteiger partial charge in [-0.2, -0.15) is 12.6 Å². The molecule has 1 aliphatic rings. The normalized spacial score (nSPS) is 26.5. The molecule has 78 valence electrons. The molecule has 0 aromatic heterocycles. The number of rotatable bonds is 5. The summed E-state index contributed by atoms with van der Waals surface area (Å²) in [6.45, 7) is 6.40. The van der Waals surface area contributed by atoms with E-state index in [4.69, 9.17) is 5.11 Å². The molecule has 0 bridgehead atoms. The summed E-state index contributed by atoms with van der Waals surface area (Å²) in [5.41, 5.74) is 0. The van der Waals surface area contributed by atoms with Gasteiger partial charge in [-0.1, -0.05) is 0 Å². The molecule has 1 rings (SSSR count). The van der Waals surface area contributed by atoms with Crippen LogP contribution >= 0.6 is 12.6 Å². The van der Waals surface area contributed by atoms with E-state index >= 15 is 0 Å². The quantitative estimate of drug-likeness (QED) is 0.441. The summed E-state index contributed by atoms with van der Waals surface area (Å²) in [6.07, 6.45) is 1.25. The lowest BCUT2D eigenvalue weighted by atomic mass is 10.1. The predicted molar refractivity (Wildman–Crippen MR) is 58.1 cm³/mol. The lowest BCUT2D eigenvalue weighted by Crippen LogP contribution is -2.30. The Morgan fingerprint density at radius 1 is 1.69 bits per heavy atom. The van der Waals surface area contributed by atoms with Gasteiger partial charge in [0.2, 0.25) is 0 Å². The van der Waals surface area contributed by atoms with E-state index in [0.29, 0.717) is 11.9 Å². The molecule has 1 heterocycles. The minimum absolute atomic E-state index is 0.236. The van der Waals surface area contributed by atoms with Crippen molar-refractivity contribution in [2.45, 2.75) is 18.7 Å². The van der Waals surface area contributed by atoms with Gasteiger partial charge in [-0.3, -0.25) is 4.90 Å². The number of thiol groups is 1. The minimum atomic E-state index is 0.236. The van der Waals surface area contributed by atoms with Crippen molar-refractivity contribution >= 4 is 12.6 Å². The average Bonchev–Trinajstić information content (AvgIpc) is 2.53. The van der Waals surface area contributed by atoms with Gasteiger partial charge in [0.25, 0.3) is 0 Å². The van der Waals surface area contributed by atoms with Crippen molar-refractivity contribution in [2.24, 2.45) is 5.92 Å². The van der Waals surface area contributed by atoms with Gasteiger partial charge < -0.3 is 10.4 Å². The second-order valence-corrected chi connectivity index (χ2v) is 4.46. The van der Waals surface area contributed by atoms with Crippen LogP contribution in [0.4, 0.5) is 0 Å². The number of aliphatic hydroxyl groups excluding tert-OH is 1. The second-order valence-electron chi connectivity index (χ2n) is 3.71. The summed E-state index contributed by atoms with van der Waals surface area (Å²) in [5.74, 6) is 0.737. The van der Waals surface area contributed by atoms with E-state index in [0.717, 1.165) is 25.6 Å². The second kappa shape index (κ2) is 5.86. The van der Waals surface area contributed by atoms with Gasteiger partial charge in [0.05, 0.1) is 6.61 Å². The molecule has 1 fully saturated rings. The number of likely N-dealkylation sites (tertiary alicyclic amines) is 1. The van der Waals surface area contributed by atoms with Gasteiger partial charge in [-0.25, -0.2) is 0 Å². The van der Waals surface area contributed by atoms with Crippen LogP contribution in [-0.4, -0.2) is 48.2 Å². The highest BCUT2D eigenvalue weighted by Gasteiger charge is 2.23. The molecule has 0 spiro atoms. The van der Waals surface area contributed by atoms with E-state index in [9.17, 15) is 0 Å². The Morgan fingerprint density at radius 3 is 3.00 bits per heavy atom. The third-order valence-corrected chi connectivity index (χ3v) is 2.89. The summed E-state index contributed by atoms with van der Waals surface area (Å²) in [4.78, 5) is 2.38. The Bertz CT molecular complexity index is 144. The molecule has 0 radical (unpaired) electrons. The minimum Gasteiger partial charge on any atom is -0.395 e. The summed E-state index contributed by atoms with van der Waals surface area (Å²) >= 11 is 4.41. The van der Waals surface area contributed by atoms with Crippen LogP contribution in [0.15, 0.2) is 0 Å². The van der Waals surface area contributed by atoms with Gasteiger partial charge in [0.1, 0.15) is 0 Å². The Kier molecular flexibility index (Phi) is 5.09. The van der Waals surface area contributed by atoms with E-state index in [2.05, 4.69) is 29.8 Å². The van der Waals surface area contributed by atoms with Crippen molar-refractivity contribution < 1.29 is 5.11 Å². The number of nitrogens with one attached hydrogen (secondary N) is 1. The standard InChI is InChI=1S/C9H20N2OS/c1-8(13)11-4-2-9(7-11)6-10-3-5-12/h8-10,12-13H,2-7H2,1H3. The van der Waals surface area contributed by atoms with Crippen molar-refractivity contribution in [3.05, 3.63) is 0 Å². The first kappa shape index (κ1) is 11.3. The molecule has 2 N–H and O–H groups in total. The first-order valence-corrected chi connectivity index (χ1v) is 5.49. The molecule has 0 saturated carbocycles. The van der Waals surface area contributed by atoms with E-state index in [1.165, 1.54) is 6.42 Å². The van der Waals surface area contributed by atoms with Gasteiger partial charge in [-0.05, 0) is 32.4 Å². The molecule has 3 nitrogen and oxygen atoms in total. The van der Waals surface area contributed by atoms with Crippen molar-refractivity contribution in [3.8, 4) is 0 Å². The molecule has 1 saturated heterocycles. The first-order chi connectivity index (χ1) is 6.24. The van der Waals surface area contributed by atoms with Crippen LogP contribution in [0.3, 0.4) is 0 Å². The smallest absolute Gasteiger partial charge is 0.0555 e. The van der Waals surface area contributed by atoms with Crippen molar-refractivity contribution in [3.63, 3.8) is 0 Å². The van der Waals surface area contributed by atoms with Crippen molar-refractivity contribution in [2.75, 3.05) is 32.8 Å². The van der Waals surface area contributed by atoms with Crippen molar-refractivity contribution in [1.29, 1.82) is 0 Å². The third kappa shape index (κ3) is 3.85. The predicted octanol–water partition coefficient (Wildman–Crippen LogP) is 0.166. The molecule has 4 heteroatoms. The largest absolute Gasteiger partial charge is 0.395 e. The molecular weight excluding hydrogens is 184 g/mol. The fourth-order valence-electron chi connectivity index (χ4n) is 1.75. The maximum atomic E-state index is 8.60.